The number of benzene rings is 1. The van der Waals surface area contributed by atoms with E-state index in [1.54, 1.807) is 7.11 Å². The number of hydrogen-bond acceptors (Lipinski definition) is 3. The van der Waals surface area contributed by atoms with Crippen LogP contribution in [0.25, 0.3) is 0 Å². The van der Waals surface area contributed by atoms with E-state index in [2.05, 4.69) is 21.3 Å². The Bertz CT molecular complexity index is 662. The number of para-hydroxylation sites is 2. The summed E-state index contributed by atoms with van der Waals surface area (Å²) in [6.45, 7) is 0.959. The normalized spacial score (nSPS) is 17.6. The zero-order chi connectivity index (χ0) is 16.1. The van der Waals surface area contributed by atoms with Crippen LogP contribution in [0, 0.1) is 0 Å². The van der Waals surface area contributed by atoms with Gasteiger partial charge in [-0.2, -0.15) is 0 Å². The lowest BCUT2D eigenvalue weighted by Gasteiger charge is -2.38. The number of anilines is 1. The summed E-state index contributed by atoms with van der Waals surface area (Å²) in [6.07, 6.45) is 7.22. The topological polar surface area (TPSA) is 37.4 Å². The van der Waals surface area contributed by atoms with Gasteiger partial charge in [-0.3, -0.25) is 4.98 Å². The average molecular weight is 327 g/mol. The number of hydrogen-bond donors (Lipinski definition) is 1. The number of nitrogens with one attached hydrogen (secondary N) is 1. The zero-order valence-corrected chi connectivity index (χ0v) is 14.1. The molecule has 4 nitrogen and oxygen atoms in total. The molecule has 0 bridgehead atoms. The maximum absolute atomic E-state index is 5.68. The first kappa shape index (κ1) is 15.7. The van der Waals surface area contributed by atoms with E-state index in [1.165, 1.54) is 12.0 Å². The molecule has 0 aliphatic carbocycles. The Balaban J connectivity index is 1.79. The molecular formula is C18H21N3OS. The Morgan fingerprint density at radius 3 is 2.91 bits per heavy atom. The molecule has 3 rings (SSSR count). The van der Waals surface area contributed by atoms with E-state index in [1.807, 2.05) is 42.7 Å². The molecule has 0 unspecified atom stereocenters. The summed E-state index contributed by atoms with van der Waals surface area (Å²) in [6, 6.07) is 12.2. The van der Waals surface area contributed by atoms with Crippen molar-refractivity contribution in [3.05, 3.63) is 54.4 Å². The van der Waals surface area contributed by atoms with Crippen LogP contribution in [0.15, 0.2) is 48.8 Å². The maximum atomic E-state index is 5.68. The summed E-state index contributed by atoms with van der Waals surface area (Å²) in [4.78, 5) is 6.52. The molecule has 2 aromatic rings. The standard InChI is InChI=1S/C18H21N3OS/c1-22-17-10-3-2-8-15(17)20-18(23)21-12-5-4-9-16(21)14-7-6-11-19-13-14/h2-3,6-8,10-11,13,16H,4-5,9,12H2,1H3,(H,20,23)/t16-/m1/s1. The average Bonchev–Trinajstić information content (AvgIpc) is 2.63. The number of likely N-dealkylation sites (tertiary alicyclic amines) is 1. The van der Waals surface area contributed by atoms with Crippen LogP contribution < -0.4 is 10.1 Å². The fraction of sp³-hybridized carbons (Fsp3) is 0.333. The Morgan fingerprint density at radius 2 is 2.13 bits per heavy atom. The smallest absolute Gasteiger partial charge is 0.174 e. The first-order chi connectivity index (χ1) is 11.3. The molecule has 1 aliphatic rings. The minimum Gasteiger partial charge on any atom is -0.495 e. The third kappa shape index (κ3) is 3.62. The molecule has 1 atom stereocenters. The van der Waals surface area contributed by atoms with Gasteiger partial charge in [0.25, 0.3) is 0 Å². The Morgan fingerprint density at radius 1 is 1.26 bits per heavy atom. The van der Waals surface area contributed by atoms with Gasteiger partial charge in [-0.05, 0) is 55.2 Å². The predicted octanol–water partition coefficient (Wildman–Crippen LogP) is 4.01. The fourth-order valence-electron chi connectivity index (χ4n) is 3.03. The van der Waals surface area contributed by atoms with Crippen LogP contribution >= 0.6 is 12.2 Å². The van der Waals surface area contributed by atoms with Crippen molar-refractivity contribution in [2.75, 3.05) is 19.0 Å². The number of piperidine rings is 1. The van der Waals surface area contributed by atoms with Crippen LogP contribution in [0.5, 0.6) is 5.75 Å². The second-order valence-electron chi connectivity index (χ2n) is 5.62. The summed E-state index contributed by atoms with van der Waals surface area (Å²) < 4.78 is 5.39. The summed E-state index contributed by atoms with van der Waals surface area (Å²) in [7, 11) is 1.67. The van der Waals surface area contributed by atoms with Crippen molar-refractivity contribution in [2.24, 2.45) is 0 Å². The van der Waals surface area contributed by atoms with Crippen LogP contribution in [0.1, 0.15) is 30.9 Å². The quantitative estimate of drug-likeness (QED) is 0.862. The van der Waals surface area contributed by atoms with E-state index in [-0.39, 0.29) is 6.04 Å². The van der Waals surface area contributed by atoms with Crippen molar-refractivity contribution in [3.63, 3.8) is 0 Å². The van der Waals surface area contributed by atoms with Crippen LogP contribution in [0.4, 0.5) is 5.69 Å². The predicted molar refractivity (Wildman–Crippen MR) is 96.7 cm³/mol. The number of ether oxygens (including phenoxy) is 1. The van der Waals surface area contributed by atoms with Gasteiger partial charge in [0, 0.05) is 18.9 Å². The molecule has 0 saturated carbocycles. The highest BCUT2D eigenvalue weighted by Crippen LogP contribution is 2.32. The Kier molecular flexibility index (Phi) is 5.08. The van der Waals surface area contributed by atoms with E-state index >= 15 is 0 Å². The van der Waals surface area contributed by atoms with Crippen molar-refractivity contribution in [2.45, 2.75) is 25.3 Å². The Hall–Kier alpha value is -2.14. The molecule has 23 heavy (non-hydrogen) atoms. The lowest BCUT2D eigenvalue weighted by Crippen LogP contribution is -2.41. The molecule has 1 aromatic carbocycles. The van der Waals surface area contributed by atoms with Crippen LogP contribution in [0.3, 0.4) is 0 Å². The number of rotatable bonds is 3. The van der Waals surface area contributed by atoms with Gasteiger partial charge in [-0.25, -0.2) is 0 Å². The van der Waals surface area contributed by atoms with Crippen LogP contribution in [0.2, 0.25) is 0 Å². The van der Waals surface area contributed by atoms with E-state index in [9.17, 15) is 0 Å². The van der Waals surface area contributed by atoms with Gasteiger partial charge in [0.1, 0.15) is 5.75 Å². The monoisotopic (exact) mass is 327 g/mol. The molecular weight excluding hydrogens is 306 g/mol. The largest absolute Gasteiger partial charge is 0.495 e. The molecule has 2 heterocycles. The third-order valence-corrected chi connectivity index (χ3v) is 4.52. The number of pyridine rings is 1. The fourth-order valence-corrected chi connectivity index (χ4v) is 3.36. The van der Waals surface area contributed by atoms with E-state index in [0.29, 0.717) is 0 Å². The first-order valence-corrected chi connectivity index (χ1v) is 8.31. The maximum Gasteiger partial charge on any atom is 0.174 e. The molecule has 1 aliphatic heterocycles. The van der Waals surface area contributed by atoms with E-state index in [4.69, 9.17) is 17.0 Å². The molecule has 0 amide bonds. The first-order valence-electron chi connectivity index (χ1n) is 7.90. The van der Waals surface area contributed by atoms with Crippen molar-refractivity contribution >= 4 is 23.0 Å². The van der Waals surface area contributed by atoms with Crippen LogP contribution in [-0.4, -0.2) is 28.7 Å². The summed E-state index contributed by atoms with van der Waals surface area (Å²) in [5.74, 6) is 0.796. The van der Waals surface area contributed by atoms with Crippen molar-refractivity contribution in [1.29, 1.82) is 0 Å². The van der Waals surface area contributed by atoms with Crippen molar-refractivity contribution < 1.29 is 4.74 Å². The summed E-state index contributed by atoms with van der Waals surface area (Å²) >= 11 is 5.68. The highest BCUT2D eigenvalue weighted by atomic mass is 32.1. The lowest BCUT2D eigenvalue weighted by molar-refractivity contribution is 0.248. The molecule has 1 aromatic heterocycles. The lowest BCUT2D eigenvalue weighted by atomic mass is 9.97. The molecule has 0 spiro atoms. The van der Waals surface area contributed by atoms with Gasteiger partial charge in [-0.15, -0.1) is 0 Å². The van der Waals surface area contributed by atoms with Gasteiger partial charge < -0.3 is 15.0 Å². The van der Waals surface area contributed by atoms with Gasteiger partial charge in [0.05, 0.1) is 18.8 Å². The Labute approximate surface area is 142 Å². The second kappa shape index (κ2) is 7.42. The molecule has 5 heteroatoms. The zero-order valence-electron chi connectivity index (χ0n) is 13.2. The van der Waals surface area contributed by atoms with Crippen molar-refractivity contribution in [1.82, 2.24) is 9.88 Å². The molecule has 1 fully saturated rings. The van der Waals surface area contributed by atoms with Gasteiger partial charge >= 0.3 is 0 Å². The number of aromatic nitrogens is 1. The molecule has 1 saturated heterocycles. The highest BCUT2D eigenvalue weighted by molar-refractivity contribution is 7.80. The van der Waals surface area contributed by atoms with Gasteiger partial charge in [0.15, 0.2) is 5.11 Å². The minimum absolute atomic E-state index is 0.284. The molecule has 0 radical (unpaired) electrons. The van der Waals surface area contributed by atoms with Crippen molar-refractivity contribution in [3.8, 4) is 5.75 Å². The molecule has 1 N–H and O–H groups in total. The van der Waals surface area contributed by atoms with Crippen LogP contribution in [-0.2, 0) is 0 Å². The summed E-state index contributed by atoms with van der Waals surface area (Å²) in [5.41, 5.74) is 2.12. The summed E-state index contributed by atoms with van der Waals surface area (Å²) in [5, 5.41) is 4.08. The SMILES string of the molecule is COc1ccccc1NC(=S)N1CCCC[C@@H]1c1cccnc1. The second-order valence-corrected chi connectivity index (χ2v) is 6.01. The third-order valence-electron chi connectivity index (χ3n) is 4.18. The highest BCUT2D eigenvalue weighted by Gasteiger charge is 2.26. The number of methoxy groups -OCH3 is 1. The number of nitrogens with zero attached hydrogens (tertiary/aromatic N) is 2. The number of thiocarbonyl (C=S) groups is 1. The van der Waals surface area contributed by atoms with E-state index < -0.39 is 0 Å². The van der Waals surface area contributed by atoms with Gasteiger partial charge in [-0.1, -0.05) is 18.2 Å². The van der Waals surface area contributed by atoms with E-state index in [0.717, 1.165) is 35.9 Å². The van der Waals surface area contributed by atoms with Gasteiger partial charge in [0.2, 0.25) is 0 Å². The minimum atomic E-state index is 0.284. The molecule has 120 valence electrons.